The lowest BCUT2D eigenvalue weighted by Crippen LogP contribution is -1.89. The molecule has 0 aliphatic rings. The lowest BCUT2D eigenvalue weighted by atomic mass is 10.0. The van der Waals surface area contributed by atoms with Gasteiger partial charge in [0.2, 0.25) is 0 Å². The number of hydrogen-bond acceptors (Lipinski definition) is 4. The molecule has 0 aliphatic heterocycles. The van der Waals surface area contributed by atoms with Crippen molar-refractivity contribution in [3.05, 3.63) is 41.9 Å². The number of nitrogens with two attached hydrogens (primary N) is 1. The second kappa shape index (κ2) is 5.93. The van der Waals surface area contributed by atoms with Crippen molar-refractivity contribution in [3.63, 3.8) is 0 Å². The minimum absolute atomic E-state index is 0.281. The Hall–Kier alpha value is -0.530. The van der Waals surface area contributed by atoms with E-state index in [-0.39, 0.29) is 5.82 Å². The topological polar surface area (TPSA) is 52.0 Å². The largest absolute Gasteiger partial charge is 0.380 e. The Balaban J connectivity index is 2.24. The van der Waals surface area contributed by atoms with Gasteiger partial charge in [0.15, 0.2) is 11.6 Å². The SMILES string of the molecule is Nc1noc(-c2cc(Br)sc2Br)c1-c1ccc(Cl)cc1Cl. The standard InChI is InChI=1S/C13H6Br2Cl2N2OS/c14-9-4-7(12(15)21-9)11-10(13(18)19-20-11)6-2-1-5(16)3-8(6)17/h1-4H,(H2,18,19). The molecule has 0 spiro atoms. The third-order valence-electron chi connectivity index (χ3n) is 2.82. The van der Waals surface area contributed by atoms with E-state index >= 15 is 0 Å². The molecular formula is C13H6Br2Cl2N2OS. The van der Waals surface area contributed by atoms with E-state index in [4.69, 9.17) is 33.5 Å². The van der Waals surface area contributed by atoms with Gasteiger partial charge < -0.3 is 10.3 Å². The molecule has 0 unspecified atom stereocenters. The van der Waals surface area contributed by atoms with Crippen molar-refractivity contribution in [1.29, 1.82) is 0 Å². The summed E-state index contributed by atoms with van der Waals surface area (Å²) in [6.07, 6.45) is 0. The number of nitrogens with zero attached hydrogens (tertiary/aromatic N) is 1. The van der Waals surface area contributed by atoms with Crippen molar-refractivity contribution in [1.82, 2.24) is 5.16 Å². The number of rotatable bonds is 2. The van der Waals surface area contributed by atoms with Gasteiger partial charge in [-0.1, -0.05) is 34.4 Å². The second-order valence-electron chi connectivity index (χ2n) is 4.13. The number of halogens is 4. The maximum Gasteiger partial charge on any atom is 0.179 e. The number of thiophene rings is 1. The molecule has 2 N–H and O–H groups in total. The Labute approximate surface area is 151 Å². The van der Waals surface area contributed by atoms with Crippen molar-refractivity contribution < 1.29 is 4.52 Å². The Kier molecular flexibility index (Phi) is 4.34. The highest BCUT2D eigenvalue weighted by molar-refractivity contribution is 9.12. The van der Waals surface area contributed by atoms with Gasteiger partial charge in [0.05, 0.1) is 18.2 Å². The minimum atomic E-state index is 0.281. The highest BCUT2D eigenvalue weighted by Crippen LogP contribution is 2.45. The molecule has 0 fully saturated rings. The minimum Gasteiger partial charge on any atom is -0.380 e. The maximum absolute atomic E-state index is 6.27. The zero-order valence-corrected chi connectivity index (χ0v) is 15.7. The van der Waals surface area contributed by atoms with Crippen molar-refractivity contribution in [2.45, 2.75) is 0 Å². The molecule has 3 aromatic rings. The fourth-order valence-corrected chi connectivity index (χ4v) is 5.23. The van der Waals surface area contributed by atoms with Crippen LogP contribution in [-0.4, -0.2) is 5.16 Å². The van der Waals surface area contributed by atoms with Crippen molar-refractivity contribution >= 4 is 72.2 Å². The van der Waals surface area contributed by atoms with Crippen LogP contribution in [-0.2, 0) is 0 Å². The second-order valence-corrected chi connectivity index (χ2v) is 8.73. The van der Waals surface area contributed by atoms with Gasteiger partial charge in [-0.05, 0) is 50.1 Å². The summed E-state index contributed by atoms with van der Waals surface area (Å²) in [6, 6.07) is 7.14. The monoisotopic (exact) mass is 466 g/mol. The Morgan fingerprint density at radius 1 is 1.14 bits per heavy atom. The number of aromatic nitrogens is 1. The van der Waals surface area contributed by atoms with Crippen LogP contribution in [0.5, 0.6) is 0 Å². The Morgan fingerprint density at radius 2 is 1.90 bits per heavy atom. The summed E-state index contributed by atoms with van der Waals surface area (Å²) in [5.41, 5.74) is 8.19. The predicted molar refractivity (Wildman–Crippen MR) is 95.1 cm³/mol. The normalized spacial score (nSPS) is 11.0. The highest BCUT2D eigenvalue weighted by Gasteiger charge is 2.22. The summed E-state index contributed by atoms with van der Waals surface area (Å²) < 4.78 is 7.28. The lowest BCUT2D eigenvalue weighted by molar-refractivity contribution is 0.436. The van der Waals surface area contributed by atoms with Gasteiger partial charge in [0, 0.05) is 16.1 Å². The zero-order valence-electron chi connectivity index (χ0n) is 10.2. The predicted octanol–water partition coefficient (Wildman–Crippen LogP) is 6.48. The molecule has 0 saturated carbocycles. The third-order valence-corrected chi connectivity index (χ3v) is 5.71. The lowest BCUT2D eigenvalue weighted by Gasteiger charge is -2.05. The molecule has 8 heteroatoms. The van der Waals surface area contributed by atoms with Crippen LogP contribution in [0.3, 0.4) is 0 Å². The summed E-state index contributed by atoms with van der Waals surface area (Å²) in [5, 5.41) is 4.91. The van der Waals surface area contributed by atoms with Gasteiger partial charge in [-0.2, -0.15) is 0 Å². The number of benzene rings is 1. The smallest absolute Gasteiger partial charge is 0.179 e. The van der Waals surface area contributed by atoms with Crippen LogP contribution in [0.25, 0.3) is 22.5 Å². The number of hydrogen-bond donors (Lipinski definition) is 1. The molecule has 0 radical (unpaired) electrons. The summed E-state index contributed by atoms with van der Waals surface area (Å²) in [4.78, 5) is 0. The molecule has 0 saturated heterocycles. The van der Waals surface area contributed by atoms with E-state index in [2.05, 4.69) is 37.0 Å². The average molecular weight is 469 g/mol. The van der Waals surface area contributed by atoms with Gasteiger partial charge >= 0.3 is 0 Å². The van der Waals surface area contributed by atoms with E-state index in [0.29, 0.717) is 21.4 Å². The third kappa shape index (κ3) is 2.87. The van der Waals surface area contributed by atoms with Gasteiger partial charge in [0.25, 0.3) is 0 Å². The van der Waals surface area contributed by atoms with Crippen LogP contribution in [0.2, 0.25) is 10.0 Å². The quantitative estimate of drug-likeness (QED) is 0.468. The van der Waals surface area contributed by atoms with E-state index in [1.165, 1.54) is 11.3 Å². The van der Waals surface area contributed by atoms with Crippen LogP contribution in [0.1, 0.15) is 0 Å². The van der Waals surface area contributed by atoms with Crippen LogP contribution in [0.15, 0.2) is 36.4 Å². The first-order valence-electron chi connectivity index (χ1n) is 5.63. The number of nitrogen functional groups attached to an aromatic ring is 1. The molecule has 0 bridgehead atoms. The van der Waals surface area contributed by atoms with Crippen LogP contribution >= 0.6 is 66.4 Å². The average Bonchev–Trinajstić information content (AvgIpc) is 2.93. The van der Waals surface area contributed by atoms with E-state index in [9.17, 15) is 0 Å². The summed E-state index contributed by atoms with van der Waals surface area (Å²) >= 11 is 20.7. The van der Waals surface area contributed by atoms with E-state index in [0.717, 1.165) is 18.7 Å². The van der Waals surface area contributed by atoms with Gasteiger partial charge in [-0.3, -0.25) is 0 Å². The van der Waals surface area contributed by atoms with Crippen molar-refractivity contribution in [2.75, 3.05) is 5.73 Å². The molecule has 3 rings (SSSR count). The zero-order chi connectivity index (χ0) is 15.1. The first-order chi connectivity index (χ1) is 9.97. The maximum atomic E-state index is 6.27. The van der Waals surface area contributed by atoms with Crippen LogP contribution in [0, 0.1) is 0 Å². The molecule has 0 atom stereocenters. The molecule has 108 valence electrons. The molecule has 2 heterocycles. The summed E-state index contributed by atoms with van der Waals surface area (Å²) in [6.45, 7) is 0. The first kappa shape index (κ1) is 15.4. The summed E-state index contributed by atoms with van der Waals surface area (Å²) in [7, 11) is 0. The van der Waals surface area contributed by atoms with Crippen molar-refractivity contribution in [3.8, 4) is 22.5 Å². The Bertz CT molecular complexity index is 832. The molecule has 3 nitrogen and oxygen atoms in total. The highest BCUT2D eigenvalue weighted by atomic mass is 79.9. The molecule has 2 aromatic heterocycles. The van der Waals surface area contributed by atoms with E-state index < -0.39 is 0 Å². The first-order valence-corrected chi connectivity index (χ1v) is 8.79. The molecule has 0 aliphatic carbocycles. The molecular weight excluding hydrogens is 463 g/mol. The van der Waals surface area contributed by atoms with Gasteiger partial charge in [0.1, 0.15) is 0 Å². The number of anilines is 1. The van der Waals surface area contributed by atoms with Gasteiger partial charge in [-0.15, -0.1) is 11.3 Å². The fraction of sp³-hybridized carbons (Fsp3) is 0. The fourth-order valence-electron chi connectivity index (χ4n) is 1.93. The van der Waals surface area contributed by atoms with E-state index in [1.807, 2.05) is 6.07 Å². The summed E-state index contributed by atoms with van der Waals surface area (Å²) in [5.74, 6) is 0.842. The van der Waals surface area contributed by atoms with Crippen molar-refractivity contribution in [2.24, 2.45) is 0 Å². The molecule has 0 amide bonds. The van der Waals surface area contributed by atoms with E-state index in [1.54, 1.807) is 18.2 Å². The Morgan fingerprint density at radius 3 is 2.52 bits per heavy atom. The molecule has 1 aromatic carbocycles. The van der Waals surface area contributed by atoms with Gasteiger partial charge in [-0.25, -0.2) is 0 Å². The van der Waals surface area contributed by atoms with Crippen LogP contribution < -0.4 is 5.73 Å². The molecule has 21 heavy (non-hydrogen) atoms. The van der Waals surface area contributed by atoms with Crippen LogP contribution in [0.4, 0.5) is 5.82 Å².